The lowest BCUT2D eigenvalue weighted by Gasteiger charge is -2.10. The van der Waals surface area contributed by atoms with Gasteiger partial charge in [-0.25, -0.2) is 13.1 Å². The number of aliphatic carboxylic acids is 1. The van der Waals surface area contributed by atoms with Gasteiger partial charge in [-0.2, -0.15) is 0 Å². The quantitative estimate of drug-likeness (QED) is 0.410. The zero-order valence-electron chi connectivity index (χ0n) is 11.1. The number of methoxy groups -OCH3 is 1. The number of nitro groups is 1. The van der Waals surface area contributed by atoms with Crippen LogP contribution in [0.4, 0.5) is 5.69 Å². The second kappa shape index (κ2) is 6.99. The molecule has 1 aromatic carbocycles. The number of nitrogens with zero attached hydrogens (tertiary/aromatic N) is 1. The molecule has 0 aliphatic carbocycles. The minimum absolute atomic E-state index is 0.0607. The van der Waals surface area contributed by atoms with Crippen LogP contribution in [0.2, 0.25) is 0 Å². The molecule has 0 heterocycles. The van der Waals surface area contributed by atoms with Gasteiger partial charge in [0, 0.05) is 19.0 Å². The smallest absolute Gasteiger partial charge is 0.303 e. The molecule has 0 aliphatic heterocycles. The zero-order valence-corrected chi connectivity index (χ0v) is 11.9. The van der Waals surface area contributed by atoms with E-state index in [9.17, 15) is 23.3 Å². The molecule has 9 nitrogen and oxygen atoms in total. The van der Waals surface area contributed by atoms with Crippen molar-refractivity contribution in [3.63, 3.8) is 0 Å². The molecule has 0 bridgehead atoms. The maximum Gasteiger partial charge on any atom is 0.303 e. The zero-order chi connectivity index (χ0) is 16.0. The van der Waals surface area contributed by atoms with Crippen molar-refractivity contribution in [2.24, 2.45) is 0 Å². The van der Waals surface area contributed by atoms with Gasteiger partial charge in [0.05, 0.1) is 18.1 Å². The molecule has 10 heteroatoms. The van der Waals surface area contributed by atoms with E-state index in [1.165, 1.54) is 7.11 Å². The first-order valence-corrected chi connectivity index (χ1v) is 7.30. The first-order valence-electron chi connectivity index (χ1n) is 5.82. The SMILES string of the molecule is COc1cc([N+](=O)[O-])ccc1S(=O)(=O)NCCCC(=O)O. The monoisotopic (exact) mass is 318 g/mol. The number of hydrogen-bond donors (Lipinski definition) is 2. The van der Waals surface area contributed by atoms with Gasteiger partial charge >= 0.3 is 5.97 Å². The number of hydrogen-bond acceptors (Lipinski definition) is 6. The summed E-state index contributed by atoms with van der Waals surface area (Å²) < 4.78 is 31.1. The molecule has 2 N–H and O–H groups in total. The fourth-order valence-electron chi connectivity index (χ4n) is 1.52. The molecule has 0 atom stereocenters. The lowest BCUT2D eigenvalue weighted by Crippen LogP contribution is -2.25. The number of benzene rings is 1. The Morgan fingerprint density at radius 3 is 2.67 bits per heavy atom. The highest BCUT2D eigenvalue weighted by Crippen LogP contribution is 2.28. The van der Waals surface area contributed by atoms with E-state index in [0.29, 0.717) is 0 Å². The third-order valence-corrected chi connectivity index (χ3v) is 4.01. The number of nitro benzene ring substituents is 1. The Morgan fingerprint density at radius 1 is 1.48 bits per heavy atom. The van der Waals surface area contributed by atoms with Crippen molar-refractivity contribution < 1.29 is 28.0 Å². The Hall–Kier alpha value is -2.20. The molecule has 21 heavy (non-hydrogen) atoms. The van der Waals surface area contributed by atoms with Crippen LogP contribution < -0.4 is 9.46 Å². The number of sulfonamides is 1. The third-order valence-electron chi connectivity index (χ3n) is 2.51. The molecular formula is C11H14N2O7S. The van der Waals surface area contributed by atoms with Crippen LogP contribution in [-0.2, 0) is 14.8 Å². The molecule has 0 aliphatic rings. The van der Waals surface area contributed by atoms with Crippen LogP contribution in [0.15, 0.2) is 23.1 Å². The number of rotatable bonds is 8. The average molecular weight is 318 g/mol. The molecule has 1 rings (SSSR count). The van der Waals surface area contributed by atoms with Crippen molar-refractivity contribution in [2.75, 3.05) is 13.7 Å². The number of non-ortho nitro benzene ring substituents is 1. The number of carboxylic acid groups (broad SMARTS) is 1. The maximum atomic E-state index is 12.0. The summed E-state index contributed by atoms with van der Waals surface area (Å²) in [7, 11) is -2.74. The Kier molecular flexibility index (Phi) is 5.61. The van der Waals surface area contributed by atoms with E-state index in [1.807, 2.05) is 0 Å². The van der Waals surface area contributed by atoms with E-state index >= 15 is 0 Å². The van der Waals surface area contributed by atoms with Crippen molar-refractivity contribution in [1.82, 2.24) is 4.72 Å². The van der Waals surface area contributed by atoms with Gasteiger partial charge in [-0.05, 0) is 12.5 Å². The summed E-state index contributed by atoms with van der Waals surface area (Å²) >= 11 is 0. The number of carbonyl (C=O) groups is 1. The lowest BCUT2D eigenvalue weighted by atomic mass is 10.3. The van der Waals surface area contributed by atoms with Crippen molar-refractivity contribution in [3.05, 3.63) is 28.3 Å². The fraction of sp³-hybridized carbons (Fsp3) is 0.364. The summed E-state index contributed by atoms with van der Waals surface area (Å²) in [4.78, 5) is 20.1. The van der Waals surface area contributed by atoms with Gasteiger partial charge in [0.25, 0.3) is 5.69 Å². The van der Waals surface area contributed by atoms with Gasteiger partial charge < -0.3 is 9.84 Å². The summed E-state index contributed by atoms with van der Waals surface area (Å²) in [5, 5.41) is 19.1. The molecule has 0 saturated heterocycles. The highest BCUT2D eigenvalue weighted by Gasteiger charge is 2.21. The van der Waals surface area contributed by atoms with Gasteiger partial charge in [-0.3, -0.25) is 14.9 Å². The van der Waals surface area contributed by atoms with Crippen LogP contribution in [0.1, 0.15) is 12.8 Å². The second-order valence-corrected chi connectivity index (χ2v) is 5.72. The highest BCUT2D eigenvalue weighted by molar-refractivity contribution is 7.89. The predicted octanol–water partition coefficient (Wildman–Crippen LogP) is 0.747. The first-order chi connectivity index (χ1) is 9.77. The van der Waals surface area contributed by atoms with Crippen LogP contribution in [0, 0.1) is 10.1 Å². The summed E-state index contributed by atoms with van der Waals surface area (Å²) in [6, 6.07) is 3.12. The van der Waals surface area contributed by atoms with Crippen LogP contribution in [0.5, 0.6) is 5.75 Å². The predicted molar refractivity (Wildman–Crippen MR) is 71.7 cm³/mol. The average Bonchev–Trinajstić information content (AvgIpc) is 2.42. The van der Waals surface area contributed by atoms with E-state index in [-0.39, 0.29) is 35.7 Å². The molecule has 0 fully saturated rings. The number of ether oxygens (including phenoxy) is 1. The Morgan fingerprint density at radius 2 is 2.14 bits per heavy atom. The minimum atomic E-state index is -3.93. The van der Waals surface area contributed by atoms with Crippen molar-refractivity contribution in [1.29, 1.82) is 0 Å². The van der Waals surface area contributed by atoms with Crippen molar-refractivity contribution in [3.8, 4) is 5.75 Å². The summed E-state index contributed by atoms with van der Waals surface area (Å²) in [6.07, 6.45) is -0.0379. The molecule has 1 aromatic rings. The minimum Gasteiger partial charge on any atom is -0.495 e. The van der Waals surface area contributed by atoms with Crippen LogP contribution >= 0.6 is 0 Å². The Balaban J connectivity index is 2.92. The molecule has 116 valence electrons. The van der Waals surface area contributed by atoms with Gasteiger partial charge in [0.15, 0.2) is 0 Å². The van der Waals surface area contributed by atoms with Crippen molar-refractivity contribution in [2.45, 2.75) is 17.7 Å². The van der Waals surface area contributed by atoms with E-state index in [2.05, 4.69) is 4.72 Å². The van der Waals surface area contributed by atoms with E-state index in [0.717, 1.165) is 18.2 Å². The van der Waals surface area contributed by atoms with Gasteiger partial charge in [-0.1, -0.05) is 0 Å². The summed E-state index contributed by atoms with van der Waals surface area (Å²) in [6.45, 7) is -0.0607. The lowest BCUT2D eigenvalue weighted by molar-refractivity contribution is -0.385. The largest absolute Gasteiger partial charge is 0.495 e. The third kappa shape index (κ3) is 4.68. The topological polar surface area (TPSA) is 136 Å². The second-order valence-electron chi connectivity index (χ2n) is 3.99. The normalized spacial score (nSPS) is 11.1. The molecule has 0 unspecified atom stereocenters. The first kappa shape index (κ1) is 16.9. The highest BCUT2D eigenvalue weighted by atomic mass is 32.2. The Labute approximate surface area is 120 Å². The van der Waals surface area contributed by atoms with Crippen LogP contribution in [-0.4, -0.2) is 38.1 Å². The Bertz CT molecular complexity index is 642. The summed E-state index contributed by atoms with van der Waals surface area (Å²) in [5.74, 6) is -1.18. The standard InChI is InChI=1S/C11H14N2O7S/c1-20-9-7-8(13(16)17)4-5-10(9)21(18,19)12-6-2-3-11(14)15/h4-5,7,12H,2-3,6H2,1H3,(H,14,15). The van der Waals surface area contributed by atoms with Crippen LogP contribution in [0.3, 0.4) is 0 Å². The van der Waals surface area contributed by atoms with Gasteiger partial charge in [0.2, 0.25) is 10.0 Å². The van der Waals surface area contributed by atoms with E-state index in [1.54, 1.807) is 0 Å². The molecule has 0 spiro atoms. The molecule has 0 radical (unpaired) electrons. The van der Waals surface area contributed by atoms with E-state index in [4.69, 9.17) is 9.84 Å². The van der Waals surface area contributed by atoms with Gasteiger partial charge in [-0.15, -0.1) is 0 Å². The van der Waals surface area contributed by atoms with Gasteiger partial charge in [0.1, 0.15) is 10.6 Å². The van der Waals surface area contributed by atoms with Crippen LogP contribution in [0.25, 0.3) is 0 Å². The molecule has 0 amide bonds. The van der Waals surface area contributed by atoms with Crippen molar-refractivity contribution >= 4 is 21.7 Å². The van der Waals surface area contributed by atoms with E-state index < -0.39 is 20.9 Å². The maximum absolute atomic E-state index is 12.0. The number of carboxylic acids is 1. The fourth-order valence-corrected chi connectivity index (χ4v) is 2.74. The number of nitrogens with one attached hydrogen (secondary N) is 1. The summed E-state index contributed by atoms with van der Waals surface area (Å²) in [5.41, 5.74) is -0.295. The molecule has 0 saturated carbocycles. The molecule has 0 aromatic heterocycles. The molecular weight excluding hydrogens is 304 g/mol.